The van der Waals surface area contributed by atoms with Gasteiger partial charge in [0.15, 0.2) is 5.96 Å². The molecule has 0 saturated carbocycles. The van der Waals surface area contributed by atoms with Crippen molar-refractivity contribution in [2.24, 2.45) is 10.9 Å². The van der Waals surface area contributed by atoms with E-state index in [2.05, 4.69) is 27.3 Å². The standard InChI is InChI=1S/C20H30ClN3O2.HI/c1-22-19(24-10-7-16(13-24)14-25-2)23-15-20(8-11-26-12-9-20)17-5-3-4-6-18(17)21;/h3-6,16H,7-15H2,1-2H3,(H,22,23);1H. The van der Waals surface area contributed by atoms with Crippen LogP contribution in [0.15, 0.2) is 29.3 Å². The lowest BCUT2D eigenvalue weighted by Gasteiger charge is -2.39. The number of hydrogen-bond donors (Lipinski definition) is 1. The van der Waals surface area contributed by atoms with E-state index >= 15 is 0 Å². The lowest BCUT2D eigenvalue weighted by Crippen LogP contribution is -2.49. The summed E-state index contributed by atoms with van der Waals surface area (Å²) in [5.74, 6) is 1.56. The second-order valence-electron chi connectivity index (χ2n) is 7.33. The quantitative estimate of drug-likeness (QED) is 0.376. The van der Waals surface area contributed by atoms with Gasteiger partial charge in [-0.2, -0.15) is 0 Å². The number of nitrogens with zero attached hydrogens (tertiary/aromatic N) is 2. The third-order valence-electron chi connectivity index (χ3n) is 5.68. The molecule has 0 aliphatic carbocycles. The Morgan fingerprint density at radius 2 is 2.11 bits per heavy atom. The maximum absolute atomic E-state index is 6.55. The Morgan fingerprint density at radius 1 is 1.37 bits per heavy atom. The number of benzene rings is 1. The van der Waals surface area contributed by atoms with Gasteiger partial charge in [-0.05, 0) is 30.9 Å². The highest BCUT2D eigenvalue weighted by molar-refractivity contribution is 14.0. The van der Waals surface area contributed by atoms with Crippen molar-refractivity contribution in [2.45, 2.75) is 24.7 Å². The highest BCUT2D eigenvalue weighted by Crippen LogP contribution is 2.38. The van der Waals surface area contributed by atoms with E-state index in [1.807, 2.05) is 19.2 Å². The average molecular weight is 508 g/mol. The van der Waals surface area contributed by atoms with Gasteiger partial charge in [0.2, 0.25) is 0 Å². The maximum atomic E-state index is 6.55. The van der Waals surface area contributed by atoms with Gasteiger partial charge in [-0.25, -0.2) is 0 Å². The zero-order valence-corrected chi connectivity index (χ0v) is 19.3. The third-order valence-corrected chi connectivity index (χ3v) is 6.01. The molecule has 3 rings (SSSR count). The molecule has 1 atom stereocenters. The molecule has 0 spiro atoms. The Bertz CT molecular complexity index is 623. The molecule has 2 saturated heterocycles. The summed E-state index contributed by atoms with van der Waals surface area (Å²) >= 11 is 6.55. The first-order valence-electron chi connectivity index (χ1n) is 9.46. The summed E-state index contributed by atoms with van der Waals surface area (Å²) in [4.78, 5) is 6.86. The Labute approximate surface area is 184 Å². The summed E-state index contributed by atoms with van der Waals surface area (Å²) < 4.78 is 10.9. The Morgan fingerprint density at radius 3 is 2.78 bits per heavy atom. The minimum atomic E-state index is -0.0157. The molecule has 1 unspecified atom stereocenters. The molecule has 0 bridgehead atoms. The van der Waals surface area contributed by atoms with Gasteiger partial charge in [-0.3, -0.25) is 4.99 Å². The second-order valence-corrected chi connectivity index (χ2v) is 7.74. The highest BCUT2D eigenvalue weighted by atomic mass is 127. The first-order valence-corrected chi connectivity index (χ1v) is 9.83. The predicted octanol–water partition coefficient (Wildman–Crippen LogP) is 3.55. The first-order chi connectivity index (χ1) is 12.7. The number of hydrogen-bond acceptors (Lipinski definition) is 3. The Kier molecular flexibility index (Phi) is 9.11. The SMILES string of the molecule is CN=C(NCC1(c2ccccc2Cl)CCOCC1)N1CCC(COC)C1.I. The van der Waals surface area contributed by atoms with Crippen LogP contribution >= 0.6 is 35.6 Å². The number of halogens is 2. The lowest BCUT2D eigenvalue weighted by molar-refractivity contribution is 0.0512. The molecule has 0 radical (unpaired) electrons. The summed E-state index contributed by atoms with van der Waals surface area (Å²) in [6.45, 7) is 5.19. The first kappa shape index (κ1) is 22.7. The second kappa shape index (κ2) is 10.8. The van der Waals surface area contributed by atoms with Gasteiger partial charge >= 0.3 is 0 Å². The zero-order valence-electron chi connectivity index (χ0n) is 16.2. The molecule has 0 aromatic heterocycles. The summed E-state index contributed by atoms with van der Waals surface area (Å²) in [7, 11) is 3.63. The van der Waals surface area contributed by atoms with Crippen LogP contribution in [0.2, 0.25) is 5.02 Å². The van der Waals surface area contributed by atoms with Crippen molar-refractivity contribution in [2.75, 3.05) is 53.6 Å². The molecule has 7 heteroatoms. The minimum Gasteiger partial charge on any atom is -0.384 e. The van der Waals surface area contributed by atoms with Crippen LogP contribution in [0.4, 0.5) is 0 Å². The topological polar surface area (TPSA) is 46.1 Å². The van der Waals surface area contributed by atoms with Crippen LogP contribution < -0.4 is 5.32 Å². The molecule has 2 fully saturated rings. The van der Waals surface area contributed by atoms with Crippen molar-refractivity contribution in [3.8, 4) is 0 Å². The third kappa shape index (κ3) is 5.49. The van der Waals surface area contributed by atoms with E-state index in [9.17, 15) is 0 Å². The number of methoxy groups -OCH3 is 1. The molecule has 5 nitrogen and oxygen atoms in total. The van der Waals surface area contributed by atoms with Gasteiger partial charge in [0.1, 0.15) is 0 Å². The molecule has 1 aromatic rings. The van der Waals surface area contributed by atoms with Crippen LogP contribution in [0, 0.1) is 5.92 Å². The van der Waals surface area contributed by atoms with Gasteiger partial charge in [-0.1, -0.05) is 29.8 Å². The predicted molar refractivity (Wildman–Crippen MR) is 122 cm³/mol. The van der Waals surface area contributed by atoms with Crippen molar-refractivity contribution in [1.29, 1.82) is 0 Å². The molecule has 2 aliphatic heterocycles. The van der Waals surface area contributed by atoms with Gasteiger partial charge in [0.05, 0.1) is 6.61 Å². The summed E-state index contributed by atoms with van der Waals surface area (Å²) in [5, 5.41) is 4.47. The molecule has 27 heavy (non-hydrogen) atoms. The number of rotatable bonds is 5. The van der Waals surface area contributed by atoms with E-state index in [0.29, 0.717) is 5.92 Å². The largest absolute Gasteiger partial charge is 0.384 e. The van der Waals surface area contributed by atoms with Crippen LogP contribution in [0.3, 0.4) is 0 Å². The van der Waals surface area contributed by atoms with E-state index in [-0.39, 0.29) is 29.4 Å². The summed E-state index contributed by atoms with van der Waals surface area (Å²) in [5.41, 5.74) is 1.20. The minimum absolute atomic E-state index is 0. The Balaban J connectivity index is 0.00000261. The number of nitrogens with one attached hydrogen (secondary N) is 1. The molecule has 2 heterocycles. The average Bonchev–Trinajstić information content (AvgIpc) is 3.12. The van der Waals surface area contributed by atoms with Crippen LogP contribution in [-0.4, -0.2) is 64.5 Å². The molecular weight excluding hydrogens is 477 g/mol. The van der Waals surface area contributed by atoms with Crippen LogP contribution in [-0.2, 0) is 14.9 Å². The fourth-order valence-electron chi connectivity index (χ4n) is 4.17. The van der Waals surface area contributed by atoms with Gasteiger partial charge in [0, 0.05) is 63.4 Å². The number of guanidine groups is 1. The number of ether oxygens (including phenoxy) is 2. The molecule has 2 aliphatic rings. The van der Waals surface area contributed by atoms with Crippen LogP contribution in [0.1, 0.15) is 24.8 Å². The Hall–Kier alpha value is -0.570. The van der Waals surface area contributed by atoms with Crippen LogP contribution in [0.25, 0.3) is 0 Å². The van der Waals surface area contributed by atoms with Crippen molar-refractivity contribution in [3.05, 3.63) is 34.9 Å². The fourth-order valence-corrected chi connectivity index (χ4v) is 4.51. The maximum Gasteiger partial charge on any atom is 0.193 e. The number of aliphatic imine (C=N–C) groups is 1. The smallest absolute Gasteiger partial charge is 0.193 e. The summed E-state index contributed by atoms with van der Waals surface area (Å²) in [6, 6.07) is 8.20. The van der Waals surface area contributed by atoms with E-state index < -0.39 is 0 Å². The molecule has 1 aromatic carbocycles. The van der Waals surface area contributed by atoms with E-state index in [1.54, 1.807) is 7.11 Å². The van der Waals surface area contributed by atoms with Crippen molar-refractivity contribution in [1.82, 2.24) is 10.2 Å². The summed E-state index contributed by atoms with van der Waals surface area (Å²) in [6.07, 6.45) is 3.08. The molecular formula is C20H31ClIN3O2. The molecule has 152 valence electrons. The van der Waals surface area contributed by atoms with Gasteiger partial charge in [-0.15, -0.1) is 24.0 Å². The molecule has 1 N–H and O–H groups in total. The van der Waals surface area contributed by atoms with Gasteiger partial charge < -0.3 is 19.7 Å². The van der Waals surface area contributed by atoms with E-state index in [0.717, 1.165) is 69.7 Å². The van der Waals surface area contributed by atoms with Crippen molar-refractivity contribution >= 4 is 41.5 Å². The fraction of sp³-hybridized carbons (Fsp3) is 0.650. The van der Waals surface area contributed by atoms with Crippen molar-refractivity contribution < 1.29 is 9.47 Å². The number of likely N-dealkylation sites (tertiary alicyclic amines) is 1. The molecule has 0 amide bonds. The monoisotopic (exact) mass is 507 g/mol. The van der Waals surface area contributed by atoms with Gasteiger partial charge in [0.25, 0.3) is 0 Å². The van der Waals surface area contributed by atoms with Crippen LogP contribution in [0.5, 0.6) is 0 Å². The lowest BCUT2D eigenvalue weighted by atomic mass is 9.74. The van der Waals surface area contributed by atoms with Crippen molar-refractivity contribution in [3.63, 3.8) is 0 Å². The van der Waals surface area contributed by atoms with E-state index in [4.69, 9.17) is 21.1 Å². The van der Waals surface area contributed by atoms with E-state index in [1.165, 1.54) is 5.56 Å². The normalized spacial score (nSPS) is 22.4. The highest BCUT2D eigenvalue weighted by Gasteiger charge is 2.36. The zero-order chi connectivity index (χ0) is 18.4.